The predicted octanol–water partition coefficient (Wildman–Crippen LogP) is 1.78. The minimum Gasteiger partial charge on any atom is -0.338 e. The Balaban J connectivity index is 1.63. The molecule has 24 heavy (non-hydrogen) atoms. The average Bonchev–Trinajstić information content (AvgIpc) is 3.05. The summed E-state index contributed by atoms with van der Waals surface area (Å²) < 4.78 is 1.66. The van der Waals surface area contributed by atoms with Crippen molar-refractivity contribution in [2.24, 2.45) is 16.7 Å². The summed E-state index contributed by atoms with van der Waals surface area (Å²) in [5.41, 5.74) is 1.79. The standard InChI is InChI=1S/C18H25N5O/c1-17(2)10-18(11-21(3)4)12-22(9-14(17)18)16(24)13-8-20-23-7-5-6-19-15(13)23/h5-8,14H,9-12H2,1-4H3/t14-,18+/m1/s1. The summed E-state index contributed by atoms with van der Waals surface area (Å²) in [6.07, 6.45) is 6.36. The molecule has 128 valence electrons. The molecule has 2 aliphatic rings. The van der Waals surface area contributed by atoms with Gasteiger partial charge in [-0.15, -0.1) is 0 Å². The first kappa shape index (κ1) is 15.6. The molecular formula is C18H25N5O. The van der Waals surface area contributed by atoms with E-state index in [0.29, 0.717) is 22.5 Å². The number of hydrogen-bond donors (Lipinski definition) is 0. The molecule has 0 N–H and O–H groups in total. The minimum atomic E-state index is 0.0621. The first-order chi connectivity index (χ1) is 11.3. The van der Waals surface area contributed by atoms with E-state index in [-0.39, 0.29) is 11.3 Å². The van der Waals surface area contributed by atoms with E-state index in [1.165, 1.54) is 6.42 Å². The molecule has 0 radical (unpaired) electrons. The lowest BCUT2D eigenvalue weighted by Gasteiger charge is -2.57. The minimum absolute atomic E-state index is 0.0621. The lowest BCUT2D eigenvalue weighted by Crippen LogP contribution is -2.57. The predicted molar refractivity (Wildman–Crippen MR) is 91.8 cm³/mol. The summed E-state index contributed by atoms with van der Waals surface area (Å²) in [4.78, 5) is 21.7. The second-order valence-corrected chi connectivity index (χ2v) is 8.45. The largest absolute Gasteiger partial charge is 0.338 e. The van der Waals surface area contributed by atoms with Gasteiger partial charge in [0.2, 0.25) is 0 Å². The molecule has 1 aliphatic heterocycles. The number of carbonyl (C=O) groups is 1. The summed E-state index contributed by atoms with van der Waals surface area (Å²) in [6.45, 7) is 7.37. The van der Waals surface area contributed by atoms with Gasteiger partial charge in [-0.2, -0.15) is 5.10 Å². The van der Waals surface area contributed by atoms with Crippen molar-refractivity contribution in [2.75, 3.05) is 33.7 Å². The van der Waals surface area contributed by atoms with Crippen LogP contribution < -0.4 is 0 Å². The third-order valence-electron chi connectivity index (χ3n) is 5.83. The van der Waals surface area contributed by atoms with Crippen LogP contribution in [0.4, 0.5) is 0 Å². The molecule has 2 aromatic heterocycles. The van der Waals surface area contributed by atoms with Gasteiger partial charge < -0.3 is 9.80 Å². The zero-order chi connectivity index (χ0) is 17.1. The van der Waals surface area contributed by atoms with Gasteiger partial charge in [0.05, 0.1) is 6.20 Å². The highest BCUT2D eigenvalue weighted by Gasteiger charge is 2.63. The Morgan fingerprint density at radius 1 is 1.42 bits per heavy atom. The van der Waals surface area contributed by atoms with Crippen molar-refractivity contribution in [3.05, 3.63) is 30.2 Å². The fourth-order valence-electron chi connectivity index (χ4n) is 5.27. The van der Waals surface area contributed by atoms with Crippen LogP contribution in [0.1, 0.15) is 30.6 Å². The lowest BCUT2D eigenvalue weighted by molar-refractivity contribution is -0.0789. The fraction of sp³-hybridized carbons (Fsp3) is 0.611. The molecule has 6 nitrogen and oxygen atoms in total. The first-order valence-electron chi connectivity index (χ1n) is 8.55. The summed E-state index contributed by atoms with van der Waals surface area (Å²) in [5, 5.41) is 4.26. The first-order valence-corrected chi connectivity index (χ1v) is 8.55. The number of likely N-dealkylation sites (tertiary alicyclic amines) is 1. The van der Waals surface area contributed by atoms with Crippen LogP contribution in [0.25, 0.3) is 5.65 Å². The number of nitrogens with zero attached hydrogens (tertiary/aromatic N) is 5. The Labute approximate surface area is 142 Å². The Hall–Kier alpha value is -1.95. The molecule has 6 heteroatoms. The smallest absolute Gasteiger partial charge is 0.259 e. The Morgan fingerprint density at radius 3 is 2.92 bits per heavy atom. The van der Waals surface area contributed by atoms with E-state index in [4.69, 9.17) is 0 Å². The molecular weight excluding hydrogens is 302 g/mol. The van der Waals surface area contributed by atoms with E-state index in [1.807, 2.05) is 17.2 Å². The Morgan fingerprint density at radius 2 is 2.21 bits per heavy atom. The molecule has 3 heterocycles. The number of carbonyl (C=O) groups excluding carboxylic acids is 1. The van der Waals surface area contributed by atoms with Crippen LogP contribution in [0, 0.1) is 16.7 Å². The van der Waals surface area contributed by atoms with E-state index in [2.05, 4.69) is 42.9 Å². The van der Waals surface area contributed by atoms with E-state index in [1.54, 1.807) is 16.9 Å². The van der Waals surface area contributed by atoms with Crippen molar-refractivity contribution >= 4 is 11.6 Å². The van der Waals surface area contributed by atoms with Crippen LogP contribution in [0.15, 0.2) is 24.7 Å². The van der Waals surface area contributed by atoms with Gasteiger partial charge >= 0.3 is 0 Å². The van der Waals surface area contributed by atoms with E-state index in [9.17, 15) is 4.79 Å². The van der Waals surface area contributed by atoms with Crippen molar-refractivity contribution in [2.45, 2.75) is 20.3 Å². The summed E-state index contributed by atoms with van der Waals surface area (Å²) in [6, 6.07) is 1.82. The molecule has 2 aromatic rings. The summed E-state index contributed by atoms with van der Waals surface area (Å²) in [7, 11) is 4.24. The molecule has 1 aliphatic carbocycles. The van der Waals surface area contributed by atoms with Crippen LogP contribution in [0.2, 0.25) is 0 Å². The molecule has 0 bridgehead atoms. The van der Waals surface area contributed by atoms with Gasteiger partial charge in [0.15, 0.2) is 5.65 Å². The van der Waals surface area contributed by atoms with Crippen molar-refractivity contribution < 1.29 is 4.79 Å². The molecule has 0 unspecified atom stereocenters. The maximum absolute atomic E-state index is 13.1. The second kappa shape index (κ2) is 5.02. The molecule has 2 fully saturated rings. The van der Waals surface area contributed by atoms with E-state index >= 15 is 0 Å². The van der Waals surface area contributed by atoms with Crippen molar-refractivity contribution in [3.8, 4) is 0 Å². The van der Waals surface area contributed by atoms with Crippen molar-refractivity contribution in [1.29, 1.82) is 0 Å². The topological polar surface area (TPSA) is 53.7 Å². The van der Waals surface area contributed by atoms with Crippen LogP contribution in [-0.2, 0) is 0 Å². The number of hydrogen-bond acceptors (Lipinski definition) is 4. The summed E-state index contributed by atoms with van der Waals surface area (Å²) >= 11 is 0. The molecule has 2 atom stereocenters. The second-order valence-electron chi connectivity index (χ2n) is 8.45. The maximum atomic E-state index is 13.1. The monoisotopic (exact) mass is 327 g/mol. The Bertz CT molecular complexity index is 792. The normalized spacial score (nSPS) is 28.2. The molecule has 1 amide bonds. The average molecular weight is 327 g/mol. The zero-order valence-corrected chi connectivity index (χ0v) is 14.9. The third kappa shape index (κ3) is 2.16. The van der Waals surface area contributed by atoms with Crippen LogP contribution in [0.5, 0.6) is 0 Å². The maximum Gasteiger partial charge on any atom is 0.259 e. The summed E-state index contributed by atoms with van der Waals surface area (Å²) in [5.74, 6) is 0.623. The number of aromatic nitrogens is 3. The zero-order valence-electron chi connectivity index (χ0n) is 14.9. The van der Waals surface area contributed by atoms with Gasteiger partial charge in [0, 0.05) is 37.4 Å². The quantitative estimate of drug-likeness (QED) is 0.862. The van der Waals surface area contributed by atoms with Gasteiger partial charge in [-0.1, -0.05) is 13.8 Å². The van der Waals surface area contributed by atoms with Crippen LogP contribution >= 0.6 is 0 Å². The molecule has 1 saturated carbocycles. The van der Waals surface area contributed by atoms with Gasteiger partial charge in [-0.05, 0) is 37.9 Å². The van der Waals surface area contributed by atoms with Crippen molar-refractivity contribution in [1.82, 2.24) is 24.4 Å². The highest BCUT2D eigenvalue weighted by molar-refractivity contribution is 5.99. The van der Waals surface area contributed by atoms with E-state index < -0.39 is 0 Å². The third-order valence-corrected chi connectivity index (χ3v) is 5.83. The van der Waals surface area contributed by atoms with Crippen LogP contribution in [-0.4, -0.2) is 64.0 Å². The number of rotatable bonds is 3. The molecule has 4 rings (SSSR count). The van der Waals surface area contributed by atoms with Gasteiger partial charge in [0.1, 0.15) is 5.56 Å². The van der Waals surface area contributed by atoms with Crippen LogP contribution in [0.3, 0.4) is 0 Å². The SMILES string of the molecule is CN(C)C[C@@]12CN(C(=O)c3cnn4cccnc34)C[C@@H]1C(C)(C)C2. The molecule has 0 aromatic carbocycles. The van der Waals surface area contributed by atoms with Gasteiger partial charge in [-0.25, -0.2) is 9.50 Å². The fourth-order valence-corrected chi connectivity index (χ4v) is 5.27. The number of fused-ring (bicyclic) bond motifs is 2. The highest BCUT2D eigenvalue weighted by Crippen LogP contribution is 2.62. The van der Waals surface area contributed by atoms with Crippen molar-refractivity contribution in [3.63, 3.8) is 0 Å². The lowest BCUT2D eigenvalue weighted by atomic mass is 9.48. The Kier molecular flexibility index (Phi) is 3.26. The van der Waals surface area contributed by atoms with E-state index in [0.717, 1.165) is 19.6 Å². The van der Waals surface area contributed by atoms with Gasteiger partial charge in [0.25, 0.3) is 5.91 Å². The molecule has 1 saturated heterocycles. The molecule has 0 spiro atoms. The number of amides is 1. The van der Waals surface area contributed by atoms with Gasteiger partial charge in [-0.3, -0.25) is 4.79 Å². The highest BCUT2D eigenvalue weighted by atomic mass is 16.2.